The van der Waals surface area contributed by atoms with Crippen molar-refractivity contribution in [1.82, 2.24) is 0 Å². The topological polar surface area (TPSA) is 36.9 Å². The number of rotatable bonds is 28. The largest absolute Gasteiger partial charge is 0.502 e. The second-order valence-electron chi connectivity index (χ2n) is 9.82. The van der Waals surface area contributed by atoms with Crippen molar-refractivity contribution in [3.63, 3.8) is 0 Å². The minimum absolute atomic E-state index is 0.310. The first-order chi connectivity index (χ1) is 17.2. The van der Waals surface area contributed by atoms with Crippen LogP contribution in [0, 0.1) is 5.92 Å². The third kappa shape index (κ3) is 19.2. The maximum absolute atomic E-state index is 6.18. The number of allylic oxidation sites excluding steroid dienone is 1. The van der Waals surface area contributed by atoms with E-state index in [0.717, 1.165) is 19.4 Å². The molecule has 0 aromatic rings. The van der Waals surface area contributed by atoms with Crippen LogP contribution in [0.4, 0.5) is 0 Å². The zero-order valence-corrected chi connectivity index (χ0v) is 24.4. The van der Waals surface area contributed by atoms with Crippen molar-refractivity contribution in [3.8, 4) is 0 Å². The molecule has 0 heterocycles. The third-order valence-corrected chi connectivity index (χ3v) is 6.74. The molecule has 35 heavy (non-hydrogen) atoms. The molecule has 0 saturated heterocycles. The minimum atomic E-state index is -0.862. The molecule has 0 aliphatic rings. The fourth-order valence-electron chi connectivity index (χ4n) is 4.91. The van der Waals surface area contributed by atoms with Crippen molar-refractivity contribution < 1.29 is 18.9 Å². The number of unbranched alkanes of at least 4 members (excludes halogenated alkanes) is 14. The molecule has 4 heteroatoms. The number of hydrogen-bond donors (Lipinski definition) is 0. The minimum Gasteiger partial charge on any atom is -0.502 e. The highest BCUT2D eigenvalue weighted by atomic mass is 16.9. The molecule has 4 nitrogen and oxygen atoms in total. The molecule has 0 amide bonds. The van der Waals surface area contributed by atoms with Crippen molar-refractivity contribution in [2.45, 2.75) is 156 Å². The van der Waals surface area contributed by atoms with Crippen LogP contribution in [0.3, 0.4) is 0 Å². The Kier molecular flexibility index (Phi) is 26.0. The molecule has 0 spiro atoms. The Labute approximate surface area is 219 Å². The zero-order chi connectivity index (χ0) is 25.9. The van der Waals surface area contributed by atoms with Gasteiger partial charge in [-0.2, -0.15) is 0 Å². The Hall–Kier alpha value is -0.580. The molecule has 0 aliphatic carbocycles. The zero-order valence-electron chi connectivity index (χ0n) is 24.4. The summed E-state index contributed by atoms with van der Waals surface area (Å²) in [5.41, 5.74) is 0. The lowest BCUT2D eigenvalue weighted by Crippen LogP contribution is -2.46. The average Bonchev–Trinajstić information content (AvgIpc) is 2.85. The van der Waals surface area contributed by atoms with E-state index in [4.69, 9.17) is 18.9 Å². The molecule has 0 N–H and O–H groups in total. The van der Waals surface area contributed by atoms with E-state index in [1.54, 1.807) is 6.26 Å². The molecule has 0 saturated carbocycles. The summed E-state index contributed by atoms with van der Waals surface area (Å²) in [6.45, 7) is 13.1. The quantitative estimate of drug-likeness (QED) is 0.0611. The van der Waals surface area contributed by atoms with Crippen LogP contribution in [-0.2, 0) is 18.9 Å². The molecule has 0 fully saturated rings. The predicted molar refractivity (Wildman–Crippen MR) is 151 cm³/mol. The maximum atomic E-state index is 6.18. The second kappa shape index (κ2) is 26.5. The molecule has 0 bridgehead atoms. The van der Waals surface area contributed by atoms with Crippen LogP contribution in [0.5, 0.6) is 0 Å². The summed E-state index contributed by atoms with van der Waals surface area (Å²) in [4.78, 5) is 0. The first kappa shape index (κ1) is 34.4. The fraction of sp³-hybridized carbons (Fsp3) is 0.935. The molecule has 1 atom stereocenters. The maximum Gasteiger partial charge on any atom is 0.285 e. The van der Waals surface area contributed by atoms with Gasteiger partial charge in [-0.25, -0.2) is 0 Å². The van der Waals surface area contributed by atoms with Gasteiger partial charge in [-0.1, -0.05) is 109 Å². The second-order valence-corrected chi connectivity index (χ2v) is 9.82. The van der Waals surface area contributed by atoms with Crippen LogP contribution in [0.1, 0.15) is 150 Å². The smallest absolute Gasteiger partial charge is 0.285 e. The Morgan fingerprint density at radius 3 is 1.34 bits per heavy atom. The molecular formula is C31H62O4. The fourth-order valence-corrected chi connectivity index (χ4v) is 4.91. The van der Waals surface area contributed by atoms with Gasteiger partial charge < -0.3 is 18.9 Å². The first-order valence-corrected chi connectivity index (χ1v) is 15.3. The normalized spacial score (nSPS) is 13.1. The van der Waals surface area contributed by atoms with Gasteiger partial charge in [0.2, 0.25) is 0 Å². The van der Waals surface area contributed by atoms with Crippen molar-refractivity contribution in [2.75, 3.05) is 26.4 Å². The molecule has 0 aliphatic heterocycles. The van der Waals surface area contributed by atoms with E-state index in [0.29, 0.717) is 25.7 Å². The van der Waals surface area contributed by atoms with E-state index in [2.05, 4.69) is 6.92 Å². The summed E-state index contributed by atoms with van der Waals surface area (Å²) in [6, 6.07) is 0. The highest BCUT2D eigenvalue weighted by Gasteiger charge is 2.41. The van der Waals surface area contributed by atoms with Gasteiger partial charge in [0.25, 0.3) is 5.97 Å². The lowest BCUT2D eigenvalue weighted by molar-refractivity contribution is -0.403. The summed E-state index contributed by atoms with van der Waals surface area (Å²) >= 11 is 0. The molecule has 0 aromatic carbocycles. The predicted octanol–water partition coefficient (Wildman–Crippen LogP) is 9.96. The third-order valence-electron chi connectivity index (χ3n) is 6.74. The van der Waals surface area contributed by atoms with Gasteiger partial charge in [0.05, 0.1) is 12.9 Å². The number of ether oxygens (including phenoxy) is 4. The summed E-state index contributed by atoms with van der Waals surface area (Å²) in [7, 11) is 0. The van der Waals surface area contributed by atoms with E-state index in [9.17, 15) is 0 Å². The monoisotopic (exact) mass is 498 g/mol. The molecule has 0 rings (SSSR count). The molecule has 1 unspecified atom stereocenters. The summed E-state index contributed by atoms with van der Waals surface area (Å²) in [5.74, 6) is -0.551. The van der Waals surface area contributed by atoms with Crippen LogP contribution < -0.4 is 0 Å². The van der Waals surface area contributed by atoms with Crippen molar-refractivity contribution in [1.29, 1.82) is 0 Å². The van der Waals surface area contributed by atoms with Crippen LogP contribution >= 0.6 is 0 Å². The number of hydrogen-bond acceptors (Lipinski definition) is 4. The van der Waals surface area contributed by atoms with E-state index < -0.39 is 5.97 Å². The van der Waals surface area contributed by atoms with Gasteiger partial charge >= 0.3 is 0 Å². The highest BCUT2D eigenvalue weighted by Crippen LogP contribution is 2.34. The average molecular weight is 499 g/mol. The summed E-state index contributed by atoms with van der Waals surface area (Å²) < 4.78 is 23.9. The van der Waals surface area contributed by atoms with Crippen molar-refractivity contribution in [2.24, 2.45) is 5.92 Å². The van der Waals surface area contributed by atoms with E-state index in [-0.39, 0.29) is 0 Å². The molecule has 0 aromatic heterocycles. The Bertz CT molecular complexity index is 421. The lowest BCUT2D eigenvalue weighted by Gasteiger charge is -2.39. The van der Waals surface area contributed by atoms with E-state index >= 15 is 0 Å². The summed E-state index contributed by atoms with van der Waals surface area (Å²) in [5, 5.41) is 0. The molecule has 210 valence electrons. The van der Waals surface area contributed by atoms with Gasteiger partial charge in [-0.3, -0.25) is 0 Å². The van der Waals surface area contributed by atoms with Crippen LogP contribution in [0.25, 0.3) is 0 Å². The van der Waals surface area contributed by atoms with Crippen LogP contribution in [-0.4, -0.2) is 32.4 Å². The Morgan fingerprint density at radius 1 is 0.543 bits per heavy atom. The van der Waals surface area contributed by atoms with Gasteiger partial charge in [0.15, 0.2) is 0 Å². The van der Waals surface area contributed by atoms with Crippen LogP contribution in [0.2, 0.25) is 0 Å². The lowest BCUT2D eigenvalue weighted by atomic mass is 9.91. The molecule has 0 radical (unpaired) electrons. The van der Waals surface area contributed by atoms with Gasteiger partial charge in [-0.05, 0) is 47.0 Å². The van der Waals surface area contributed by atoms with Gasteiger partial charge in [0, 0.05) is 25.7 Å². The Morgan fingerprint density at radius 2 is 0.943 bits per heavy atom. The van der Waals surface area contributed by atoms with Gasteiger partial charge in [0.1, 0.15) is 0 Å². The standard InChI is InChI=1S/C31H62O4/c1-6-11-12-13-20-23-26-30(31(33-8-3,34-9-4)35-10-5)27-24-21-18-16-14-15-17-19-22-25-29-32-28-7-2/h7,28,30H,6,8-27,29H2,1-5H3. The van der Waals surface area contributed by atoms with Gasteiger partial charge in [-0.15, -0.1) is 0 Å². The first-order valence-electron chi connectivity index (χ1n) is 15.3. The summed E-state index contributed by atoms with van der Waals surface area (Å²) in [6.07, 6.45) is 27.1. The van der Waals surface area contributed by atoms with E-state index in [1.807, 2.05) is 33.8 Å². The van der Waals surface area contributed by atoms with Crippen LogP contribution in [0.15, 0.2) is 12.3 Å². The van der Waals surface area contributed by atoms with Crippen molar-refractivity contribution in [3.05, 3.63) is 12.3 Å². The van der Waals surface area contributed by atoms with E-state index in [1.165, 1.54) is 103 Å². The SMILES string of the molecule is CC=COCCCCCCCCCCCCC(CCCCCCCC)C(OCC)(OCC)OCC. The highest BCUT2D eigenvalue weighted by molar-refractivity contribution is 4.73. The Balaban J connectivity index is 4.29. The van der Waals surface area contributed by atoms with Crippen molar-refractivity contribution >= 4 is 0 Å². The molecular weight excluding hydrogens is 436 g/mol.